The number of hydrogen-bond donors (Lipinski definition) is 1. The Hall–Kier alpha value is -2.99. The third-order valence-corrected chi connectivity index (χ3v) is 4.97. The fourth-order valence-electron chi connectivity index (χ4n) is 2.60. The third kappa shape index (κ3) is 4.84. The summed E-state index contributed by atoms with van der Waals surface area (Å²) in [6, 6.07) is 12.7. The molecule has 28 heavy (non-hydrogen) atoms. The quantitative estimate of drug-likeness (QED) is 0.541. The summed E-state index contributed by atoms with van der Waals surface area (Å²) in [5.41, 5.74) is 3.42. The van der Waals surface area contributed by atoms with E-state index in [0.717, 1.165) is 5.56 Å². The zero-order valence-electron chi connectivity index (χ0n) is 15.9. The second-order valence-electron chi connectivity index (χ2n) is 6.53. The van der Waals surface area contributed by atoms with E-state index in [9.17, 15) is 9.18 Å². The normalized spacial score (nSPS) is 11.2. The van der Waals surface area contributed by atoms with Crippen molar-refractivity contribution >= 4 is 28.5 Å². The monoisotopic (exact) mass is 396 g/mol. The van der Waals surface area contributed by atoms with Crippen LogP contribution in [0.3, 0.4) is 0 Å². The molecule has 2 aromatic carbocycles. The Morgan fingerprint density at radius 3 is 2.61 bits per heavy atom. The van der Waals surface area contributed by atoms with Gasteiger partial charge in [-0.3, -0.25) is 10.1 Å². The van der Waals surface area contributed by atoms with Crippen LogP contribution in [0.15, 0.2) is 53.9 Å². The van der Waals surface area contributed by atoms with E-state index in [1.54, 1.807) is 23.6 Å². The van der Waals surface area contributed by atoms with Gasteiger partial charge in [0.05, 0.1) is 12.8 Å². The lowest BCUT2D eigenvalue weighted by atomic mass is 10.0. The van der Waals surface area contributed by atoms with Crippen LogP contribution in [0.25, 0.3) is 17.3 Å². The van der Waals surface area contributed by atoms with Crippen LogP contribution in [0.4, 0.5) is 9.52 Å². The van der Waals surface area contributed by atoms with Crippen molar-refractivity contribution in [2.24, 2.45) is 0 Å². The molecule has 3 rings (SSSR count). The SMILES string of the molecule is COc1ccc(-c2csc(NC(=O)/C=C/c3ccc(C(C)C)cc3)n2)cc1F. The molecule has 0 unspecified atom stereocenters. The Kier molecular flexibility index (Phi) is 6.21. The van der Waals surface area contributed by atoms with Crippen molar-refractivity contribution in [3.63, 3.8) is 0 Å². The first-order chi connectivity index (χ1) is 13.5. The Balaban J connectivity index is 1.64. The Morgan fingerprint density at radius 1 is 1.21 bits per heavy atom. The molecule has 0 fully saturated rings. The van der Waals surface area contributed by atoms with Crippen molar-refractivity contribution < 1.29 is 13.9 Å². The molecular formula is C22H21FN2O2S. The highest BCUT2D eigenvalue weighted by Crippen LogP contribution is 2.28. The number of benzene rings is 2. The summed E-state index contributed by atoms with van der Waals surface area (Å²) in [5, 5.41) is 4.96. The summed E-state index contributed by atoms with van der Waals surface area (Å²) in [4.78, 5) is 16.5. The van der Waals surface area contributed by atoms with Gasteiger partial charge in [-0.1, -0.05) is 38.1 Å². The van der Waals surface area contributed by atoms with Crippen molar-refractivity contribution in [3.05, 3.63) is 70.9 Å². The molecule has 1 aromatic heterocycles. The fourth-order valence-corrected chi connectivity index (χ4v) is 3.32. The summed E-state index contributed by atoms with van der Waals surface area (Å²) in [5.74, 6) is -0.0709. The van der Waals surface area contributed by atoms with Gasteiger partial charge in [0.1, 0.15) is 0 Å². The first kappa shape index (κ1) is 19.8. The summed E-state index contributed by atoms with van der Waals surface area (Å²) in [6.07, 6.45) is 3.23. The van der Waals surface area contributed by atoms with Crippen LogP contribution < -0.4 is 10.1 Å². The summed E-state index contributed by atoms with van der Waals surface area (Å²) in [7, 11) is 1.42. The number of methoxy groups -OCH3 is 1. The maximum Gasteiger partial charge on any atom is 0.250 e. The van der Waals surface area contributed by atoms with E-state index in [1.165, 1.54) is 36.2 Å². The molecule has 6 heteroatoms. The zero-order chi connectivity index (χ0) is 20.1. The number of carbonyl (C=O) groups excluding carboxylic acids is 1. The van der Waals surface area contributed by atoms with E-state index < -0.39 is 5.82 Å². The molecule has 4 nitrogen and oxygen atoms in total. The van der Waals surface area contributed by atoms with Gasteiger partial charge in [0, 0.05) is 17.0 Å². The number of halogens is 1. The van der Waals surface area contributed by atoms with Gasteiger partial charge in [0.25, 0.3) is 0 Å². The van der Waals surface area contributed by atoms with Gasteiger partial charge in [0.2, 0.25) is 5.91 Å². The molecule has 144 valence electrons. The minimum Gasteiger partial charge on any atom is -0.494 e. The molecule has 1 amide bonds. The van der Waals surface area contributed by atoms with E-state index in [-0.39, 0.29) is 11.7 Å². The minimum absolute atomic E-state index is 0.180. The predicted octanol–water partition coefficient (Wildman–Crippen LogP) is 5.73. The molecule has 0 saturated heterocycles. The number of aromatic nitrogens is 1. The van der Waals surface area contributed by atoms with Crippen molar-refractivity contribution in [2.75, 3.05) is 12.4 Å². The molecule has 1 N–H and O–H groups in total. The van der Waals surface area contributed by atoms with Crippen LogP contribution in [0, 0.1) is 5.82 Å². The van der Waals surface area contributed by atoms with Gasteiger partial charge in [-0.15, -0.1) is 11.3 Å². The molecule has 0 aliphatic carbocycles. The average Bonchev–Trinajstić information content (AvgIpc) is 3.15. The third-order valence-electron chi connectivity index (χ3n) is 4.21. The predicted molar refractivity (Wildman–Crippen MR) is 112 cm³/mol. The van der Waals surface area contributed by atoms with E-state index in [4.69, 9.17) is 4.74 Å². The Bertz CT molecular complexity index is 994. The summed E-state index contributed by atoms with van der Waals surface area (Å²) in [6.45, 7) is 4.28. The first-order valence-electron chi connectivity index (χ1n) is 8.84. The van der Waals surface area contributed by atoms with Gasteiger partial charge in [-0.2, -0.15) is 0 Å². The van der Waals surface area contributed by atoms with Crippen LogP contribution in [0.1, 0.15) is 30.9 Å². The smallest absolute Gasteiger partial charge is 0.250 e. The molecule has 0 atom stereocenters. The second-order valence-corrected chi connectivity index (χ2v) is 7.39. The van der Waals surface area contributed by atoms with Crippen molar-refractivity contribution in [1.82, 2.24) is 4.98 Å². The Labute approximate surface area is 167 Å². The highest BCUT2D eigenvalue weighted by molar-refractivity contribution is 7.14. The lowest BCUT2D eigenvalue weighted by Crippen LogP contribution is -2.07. The standard InChI is InChI=1S/C22H21FN2O2S/c1-14(2)16-7-4-15(5-8-16)6-11-21(26)25-22-24-19(13-28-22)17-9-10-20(27-3)18(23)12-17/h4-14H,1-3H3,(H,24,25,26)/b11-6+. The summed E-state index contributed by atoms with van der Waals surface area (Å²) < 4.78 is 18.8. The lowest BCUT2D eigenvalue weighted by Gasteiger charge is -2.04. The number of thiazole rings is 1. The van der Waals surface area contributed by atoms with E-state index in [0.29, 0.717) is 22.3 Å². The highest BCUT2D eigenvalue weighted by Gasteiger charge is 2.10. The molecule has 0 spiro atoms. The average molecular weight is 396 g/mol. The van der Waals surface area contributed by atoms with Gasteiger partial charge >= 0.3 is 0 Å². The summed E-state index contributed by atoms with van der Waals surface area (Å²) >= 11 is 1.28. The fraction of sp³-hybridized carbons (Fsp3) is 0.182. The molecule has 0 aliphatic heterocycles. The van der Waals surface area contributed by atoms with Crippen molar-refractivity contribution in [3.8, 4) is 17.0 Å². The number of rotatable bonds is 6. The molecule has 0 aliphatic rings. The molecule has 0 radical (unpaired) electrons. The number of carbonyl (C=O) groups is 1. The maximum atomic E-state index is 13.9. The maximum absolute atomic E-state index is 13.9. The number of hydrogen-bond acceptors (Lipinski definition) is 4. The van der Waals surface area contributed by atoms with Crippen LogP contribution in [0.5, 0.6) is 5.75 Å². The van der Waals surface area contributed by atoms with E-state index >= 15 is 0 Å². The van der Waals surface area contributed by atoms with Crippen LogP contribution in [-0.4, -0.2) is 18.0 Å². The Morgan fingerprint density at radius 2 is 1.96 bits per heavy atom. The first-order valence-corrected chi connectivity index (χ1v) is 9.72. The minimum atomic E-state index is -0.454. The topological polar surface area (TPSA) is 51.2 Å². The molecule has 0 bridgehead atoms. The number of ether oxygens (including phenoxy) is 1. The van der Waals surface area contributed by atoms with Crippen LogP contribution >= 0.6 is 11.3 Å². The van der Waals surface area contributed by atoms with Crippen LogP contribution in [-0.2, 0) is 4.79 Å². The largest absolute Gasteiger partial charge is 0.494 e. The molecule has 0 saturated carbocycles. The molecule has 3 aromatic rings. The second kappa shape index (κ2) is 8.80. The lowest BCUT2D eigenvalue weighted by molar-refractivity contribution is -0.111. The van der Waals surface area contributed by atoms with Gasteiger partial charge in [0.15, 0.2) is 16.7 Å². The van der Waals surface area contributed by atoms with Crippen LogP contribution in [0.2, 0.25) is 0 Å². The van der Waals surface area contributed by atoms with Gasteiger partial charge in [-0.25, -0.2) is 9.37 Å². The number of nitrogens with zero attached hydrogens (tertiary/aromatic N) is 1. The zero-order valence-corrected chi connectivity index (χ0v) is 16.7. The van der Waals surface area contributed by atoms with Crippen molar-refractivity contribution in [2.45, 2.75) is 19.8 Å². The number of nitrogens with one attached hydrogen (secondary N) is 1. The van der Waals surface area contributed by atoms with E-state index in [2.05, 4.69) is 36.3 Å². The number of anilines is 1. The van der Waals surface area contributed by atoms with Gasteiger partial charge < -0.3 is 4.74 Å². The molecule has 1 heterocycles. The highest BCUT2D eigenvalue weighted by atomic mass is 32.1. The van der Waals surface area contributed by atoms with Crippen molar-refractivity contribution in [1.29, 1.82) is 0 Å². The van der Waals surface area contributed by atoms with Gasteiger partial charge in [-0.05, 0) is 41.3 Å². The number of amides is 1. The molecular weight excluding hydrogens is 375 g/mol. The van der Waals surface area contributed by atoms with E-state index in [1.807, 2.05) is 12.1 Å².